The van der Waals surface area contributed by atoms with Crippen LogP contribution in [0.25, 0.3) is 0 Å². The maximum Gasteiger partial charge on any atom is 0.192 e. The SMILES string of the molecule is CCCC1[C@@H]2C[C@@H](O)[C@](O)(C(=O)CO)[C@@]2(C)C[C@H](O)[C@]1(F)C1(C)C=CC(=O)C=C1. The molecule has 4 N–H and O–H groups in total. The van der Waals surface area contributed by atoms with Gasteiger partial charge in [-0.15, -0.1) is 0 Å². The van der Waals surface area contributed by atoms with Gasteiger partial charge in [0, 0.05) is 16.7 Å². The molecule has 6 nitrogen and oxygen atoms in total. The monoisotopic (exact) mass is 410 g/mol. The fourth-order valence-electron chi connectivity index (χ4n) is 6.32. The van der Waals surface area contributed by atoms with Crippen molar-refractivity contribution in [3.05, 3.63) is 24.3 Å². The lowest BCUT2D eigenvalue weighted by atomic mass is 9.48. The fourth-order valence-corrected chi connectivity index (χ4v) is 6.32. The van der Waals surface area contributed by atoms with E-state index in [0.29, 0.717) is 12.8 Å². The maximum atomic E-state index is 16.9. The lowest BCUT2D eigenvalue weighted by Crippen LogP contribution is -2.68. The van der Waals surface area contributed by atoms with E-state index in [2.05, 4.69) is 0 Å². The summed E-state index contributed by atoms with van der Waals surface area (Å²) in [6, 6.07) is 0. The number of rotatable bonds is 5. The topological polar surface area (TPSA) is 115 Å². The summed E-state index contributed by atoms with van der Waals surface area (Å²) >= 11 is 0. The lowest BCUT2D eigenvalue weighted by molar-refractivity contribution is -0.215. The summed E-state index contributed by atoms with van der Waals surface area (Å²) in [4.78, 5) is 24.1. The van der Waals surface area contributed by atoms with Gasteiger partial charge in [0.2, 0.25) is 0 Å². The van der Waals surface area contributed by atoms with E-state index in [1.54, 1.807) is 13.8 Å². The van der Waals surface area contributed by atoms with Crippen LogP contribution < -0.4 is 0 Å². The van der Waals surface area contributed by atoms with Gasteiger partial charge in [0.05, 0.1) is 12.2 Å². The molecule has 2 fully saturated rings. The highest BCUT2D eigenvalue weighted by molar-refractivity contribution is 6.00. The van der Waals surface area contributed by atoms with E-state index in [1.165, 1.54) is 24.3 Å². The summed E-state index contributed by atoms with van der Waals surface area (Å²) in [5.41, 5.74) is -6.96. The van der Waals surface area contributed by atoms with Crippen LogP contribution in [0.3, 0.4) is 0 Å². The van der Waals surface area contributed by atoms with Gasteiger partial charge in [-0.3, -0.25) is 9.59 Å². The summed E-state index contributed by atoms with van der Waals surface area (Å²) in [5.74, 6) is -2.54. The zero-order valence-electron chi connectivity index (χ0n) is 17.1. The molecule has 7 heteroatoms. The van der Waals surface area contributed by atoms with Crippen molar-refractivity contribution in [3.8, 4) is 0 Å². The Labute approximate surface area is 170 Å². The number of hydrogen-bond acceptors (Lipinski definition) is 6. The van der Waals surface area contributed by atoms with Gasteiger partial charge in [-0.1, -0.05) is 32.4 Å². The minimum atomic E-state index is -2.25. The van der Waals surface area contributed by atoms with Crippen molar-refractivity contribution in [1.29, 1.82) is 0 Å². The third-order valence-corrected chi connectivity index (χ3v) is 7.96. The molecule has 1 unspecified atom stereocenters. The van der Waals surface area contributed by atoms with Crippen LogP contribution >= 0.6 is 0 Å². The largest absolute Gasteiger partial charge is 0.390 e. The molecule has 3 aliphatic rings. The molecule has 0 heterocycles. The molecule has 0 bridgehead atoms. The van der Waals surface area contributed by atoms with E-state index < -0.39 is 58.5 Å². The zero-order valence-corrected chi connectivity index (χ0v) is 17.1. The molecule has 0 saturated heterocycles. The average molecular weight is 410 g/mol. The Morgan fingerprint density at radius 1 is 1.21 bits per heavy atom. The van der Waals surface area contributed by atoms with Crippen LogP contribution in [0.5, 0.6) is 0 Å². The summed E-state index contributed by atoms with van der Waals surface area (Å²) < 4.78 is 16.9. The van der Waals surface area contributed by atoms with Crippen LogP contribution in [-0.2, 0) is 9.59 Å². The molecule has 29 heavy (non-hydrogen) atoms. The highest BCUT2D eigenvalue weighted by Crippen LogP contribution is 2.66. The van der Waals surface area contributed by atoms with Gasteiger partial charge in [0.15, 0.2) is 22.8 Å². The molecule has 0 spiro atoms. The molecule has 7 atom stereocenters. The first-order valence-electron chi connectivity index (χ1n) is 10.3. The van der Waals surface area contributed by atoms with E-state index in [4.69, 9.17) is 0 Å². The lowest BCUT2D eigenvalue weighted by Gasteiger charge is -2.59. The number of carbonyl (C=O) groups is 2. The number of aliphatic hydroxyl groups is 4. The quantitative estimate of drug-likeness (QED) is 0.542. The summed E-state index contributed by atoms with van der Waals surface area (Å²) in [6.45, 7) is 4.15. The van der Waals surface area contributed by atoms with E-state index in [-0.39, 0.29) is 18.6 Å². The van der Waals surface area contributed by atoms with Gasteiger partial charge in [-0.2, -0.15) is 0 Å². The summed E-state index contributed by atoms with van der Waals surface area (Å²) in [7, 11) is 0. The number of ketones is 2. The van der Waals surface area contributed by atoms with Crippen molar-refractivity contribution >= 4 is 11.6 Å². The Balaban J connectivity index is 2.14. The molecule has 0 aromatic rings. The third-order valence-electron chi connectivity index (χ3n) is 7.96. The maximum absolute atomic E-state index is 16.9. The van der Waals surface area contributed by atoms with Crippen molar-refractivity contribution in [2.24, 2.45) is 22.7 Å². The third kappa shape index (κ3) is 2.74. The van der Waals surface area contributed by atoms with Gasteiger partial charge in [-0.25, -0.2) is 4.39 Å². The first kappa shape index (κ1) is 22.3. The second-order valence-corrected chi connectivity index (χ2v) is 9.36. The first-order valence-corrected chi connectivity index (χ1v) is 10.3. The van der Waals surface area contributed by atoms with E-state index >= 15 is 4.39 Å². The van der Waals surface area contributed by atoms with Crippen LogP contribution in [0.2, 0.25) is 0 Å². The standard InChI is InChI=1S/C22H31FO6/c1-4-5-14-15-10-16(26)22(29,18(28)12-24)20(15,3)11-17(27)21(14,23)19(2)8-6-13(25)7-9-19/h6-9,14-17,24,26-27,29H,4-5,10-12H2,1-3H3/t14?,15-,16+,17-,20-,21-,22-/m0/s1. The highest BCUT2D eigenvalue weighted by atomic mass is 19.1. The summed E-state index contributed by atoms with van der Waals surface area (Å²) in [5, 5.41) is 42.3. The first-order chi connectivity index (χ1) is 13.4. The van der Waals surface area contributed by atoms with E-state index in [9.17, 15) is 30.0 Å². The minimum absolute atomic E-state index is 0.00969. The van der Waals surface area contributed by atoms with Crippen molar-refractivity contribution in [1.82, 2.24) is 0 Å². The van der Waals surface area contributed by atoms with Crippen LogP contribution in [0.15, 0.2) is 24.3 Å². The van der Waals surface area contributed by atoms with Gasteiger partial charge < -0.3 is 20.4 Å². The van der Waals surface area contributed by atoms with Gasteiger partial charge in [-0.05, 0) is 44.3 Å². The van der Waals surface area contributed by atoms with E-state index in [1.807, 2.05) is 6.92 Å². The van der Waals surface area contributed by atoms with Crippen molar-refractivity contribution in [2.45, 2.75) is 69.9 Å². The molecule has 0 aromatic heterocycles. The molecule has 0 radical (unpaired) electrons. The molecule has 162 valence electrons. The number of aliphatic hydroxyl groups excluding tert-OH is 3. The minimum Gasteiger partial charge on any atom is -0.390 e. The molecular weight excluding hydrogens is 379 g/mol. The highest BCUT2D eigenvalue weighted by Gasteiger charge is 2.74. The van der Waals surface area contributed by atoms with Crippen LogP contribution in [-0.4, -0.2) is 62.1 Å². The van der Waals surface area contributed by atoms with Gasteiger partial charge >= 0.3 is 0 Å². The fraction of sp³-hybridized carbons (Fsp3) is 0.727. The number of alkyl halides is 1. The predicted molar refractivity (Wildman–Crippen MR) is 104 cm³/mol. The van der Waals surface area contributed by atoms with Crippen molar-refractivity contribution in [2.75, 3.05) is 6.61 Å². The average Bonchev–Trinajstić information content (AvgIpc) is 2.88. The van der Waals surface area contributed by atoms with E-state index in [0.717, 1.165) is 0 Å². The van der Waals surface area contributed by atoms with Crippen LogP contribution in [0.4, 0.5) is 4.39 Å². The predicted octanol–water partition coefficient (Wildman–Crippen LogP) is 1.26. The summed E-state index contributed by atoms with van der Waals surface area (Å²) in [6.07, 6.45) is 3.23. The molecule has 2 saturated carbocycles. The second kappa shape index (κ2) is 7.08. The number of halogens is 1. The van der Waals surface area contributed by atoms with Crippen molar-refractivity contribution in [3.63, 3.8) is 0 Å². The molecule has 0 aliphatic heterocycles. The van der Waals surface area contributed by atoms with Gasteiger partial charge in [0.25, 0.3) is 0 Å². The zero-order chi connectivity index (χ0) is 21.8. The Bertz CT molecular complexity index is 746. The molecule has 3 rings (SSSR count). The number of Topliss-reactive ketones (excluding diaryl/α,β-unsaturated/α-hetero) is 1. The second-order valence-electron chi connectivity index (χ2n) is 9.36. The normalized spacial score (nSPS) is 46.0. The van der Waals surface area contributed by atoms with Crippen LogP contribution in [0.1, 0.15) is 46.5 Å². The molecule has 3 aliphatic carbocycles. The molecule has 0 aromatic carbocycles. The Kier molecular flexibility index (Phi) is 5.44. The molecular formula is C22H31FO6. The van der Waals surface area contributed by atoms with Gasteiger partial charge in [0.1, 0.15) is 6.61 Å². The van der Waals surface area contributed by atoms with Crippen molar-refractivity contribution < 1.29 is 34.4 Å². The Morgan fingerprint density at radius 2 is 1.79 bits per heavy atom. The Morgan fingerprint density at radius 3 is 2.31 bits per heavy atom. The number of hydrogen-bond donors (Lipinski definition) is 4. The number of carbonyl (C=O) groups excluding carboxylic acids is 2. The number of fused-ring (bicyclic) bond motifs is 1. The number of allylic oxidation sites excluding steroid dienone is 4. The smallest absolute Gasteiger partial charge is 0.192 e. The van der Waals surface area contributed by atoms with Crippen LogP contribution in [0, 0.1) is 22.7 Å². The molecule has 0 amide bonds. The Hall–Kier alpha value is -1.41.